The molecule has 1 unspecified atom stereocenters. The number of anilines is 1. The molecule has 1 atom stereocenters. The molecule has 0 aliphatic carbocycles. The molecular formula is C26H31BrN4O2. The van der Waals surface area contributed by atoms with Gasteiger partial charge in [0.25, 0.3) is 0 Å². The van der Waals surface area contributed by atoms with Gasteiger partial charge in [0, 0.05) is 28.8 Å². The summed E-state index contributed by atoms with van der Waals surface area (Å²) < 4.78 is 6.61. The highest BCUT2D eigenvalue weighted by atomic mass is 79.9. The van der Waals surface area contributed by atoms with Gasteiger partial charge in [-0.1, -0.05) is 67.0 Å². The largest absolute Gasteiger partial charge is 0.339 e. The number of benzene rings is 2. The van der Waals surface area contributed by atoms with Gasteiger partial charge in [-0.2, -0.15) is 4.98 Å². The van der Waals surface area contributed by atoms with Crippen LogP contribution in [0.15, 0.2) is 51.5 Å². The summed E-state index contributed by atoms with van der Waals surface area (Å²) in [4.78, 5) is 19.8. The van der Waals surface area contributed by atoms with Crippen LogP contribution in [0.5, 0.6) is 0 Å². The summed E-state index contributed by atoms with van der Waals surface area (Å²) in [6.45, 7) is 9.91. The zero-order valence-electron chi connectivity index (χ0n) is 19.6. The topological polar surface area (TPSA) is 71.3 Å². The van der Waals surface area contributed by atoms with E-state index in [9.17, 15) is 4.79 Å². The maximum atomic E-state index is 13.3. The van der Waals surface area contributed by atoms with E-state index in [-0.39, 0.29) is 11.9 Å². The summed E-state index contributed by atoms with van der Waals surface area (Å²) in [5, 5.41) is 7.41. The van der Waals surface area contributed by atoms with Crippen LogP contribution in [0.25, 0.3) is 11.4 Å². The molecule has 0 radical (unpaired) electrons. The molecule has 1 aliphatic heterocycles. The van der Waals surface area contributed by atoms with Crippen LogP contribution in [0.3, 0.4) is 0 Å². The predicted molar refractivity (Wildman–Crippen MR) is 135 cm³/mol. The summed E-state index contributed by atoms with van der Waals surface area (Å²) in [6.07, 6.45) is 1.82. The Hall–Kier alpha value is -2.67. The number of rotatable bonds is 5. The molecule has 1 saturated heterocycles. The summed E-state index contributed by atoms with van der Waals surface area (Å²) >= 11 is 3.45. The Kier molecular flexibility index (Phi) is 7.17. The number of para-hydroxylation sites is 1. The van der Waals surface area contributed by atoms with E-state index in [2.05, 4.69) is 77.3 Å². The van der Waals surface area contributed by atoms with Crippen molar-refractivity contribution in [1.29, 1.82) is 0 Å². The molecule has 2 heterocycles. The molecule has 7 heteroatoms. The number of amides is 2. The Morgan fingerprint density at radius 1 is 1.09 bits per heavy atom. The van der Waals surface area contributed by atoms with Gasteiger partial charge >= 0.3 is 6.03 Å². The molecule has 1 N–H and O–H groups in total. The van der Waals surface area contributed by atoms with Gasteiger partial charge in [-0.25, -0.2) is 4.79 Å². The molecule has 1 aliphatic rings. The second kappa shape index (κ2) is 10.1. The van der Waals surface area contributed by atoms with Crippen LogP contribution in [0, 0.1) is 0 Å². The second-order valence-corrected chi connectivity index (χ2v) is 10.2. The number of likely N-dealkylation sites (tertiary alicyclic amines) is 1. The van der Waals surface area contributed by atoms with Crippen LogP contribution in [0.1, 0.15) is 75.3 Å². The maximum absolute atomic E-state index is 13.3. The van der Waals surface area contributed by atoms with Crippen molar-refractivity contribution in [2.75, 3.05) is 18.4 Å². The Morgan fingerprint density at radius 3 is 2.39 bits per heavy atom. The summed E-state index contributed by atoms with van der Waals surface area (Å²) in [6, 6.07) is 14.0. The monoisotopic (exact) mass is 510 g/mol. The van der Waals surface area contributed by atoms with Gasteiger partial charge in [0.15, 0.2) is 0 Å². The Balaban J connectivity index is 1.50. The summed E-state index contributed by atoms with van der Waals surface area (Å²) in [5.74, 6) is 1.85. The van der Waals surface area contributed by atoms with Crippen molar-refractivity contribution in [3.05, 3.63) is 64.0 Å². The molecule has 0 spiro atoms. The average molecular weight is 511 g/mol. The third-order valence-electron chi connectivity index (χ3n) is 6.21. The molecule has 1 aromatic heterocycles. The molecule has 6 nitrogen and oxygen atoms in total. The maximum Gasteiger partial charge on any atom is 0.321 e. The third-order valence-corrected chi connectivity index (χ3v) is 6.74. The van der Waals surface area contributed by atoms with E-state index in [1.165, 1.54) is 11.1 Å². The summed E-state index contributed by atoms with van der Waals surface area (Å²) in [5.41, 5.74) is 4.19. The smallest absolute Gasteiger partial charge is 0.321 e. The third kappa shape index (κ3) is 5.29. The van der Waals surface area contributed by atoms with Crippen molar-refractivity contribution in [1.82, 2.24) is 15.0 Å². The highest BCUT2D eigenvalue weighted by molar-refractivity contribution is 9.10. The van der Waals surface area contributed by atoms with E-state index < -0.39 is 0 Å². The Morgan fingerprint density at radius 2 is 1.76 bits per heavy atom. The standard InChI is InChI=1S/C26H31BrN4O2/c1-16(2)21-8-5-9-22(17(3)4)23(21)28-26(32)31-14-6-7-19(15-31)25-29-24(30-33-25)18-10-12-20(27)13-11-18/h5,8-13,16-17,19H,6-7,14-15H2,1-4H3,(H,28,32). The number of piperidine rings is 1. The molecular weight excluding hydrogens is 480 g/mol. The molecule has 2 aromatic carbocycles. The first-order chi connectivity index (χ1) is 15.8. The van der Waals surface area contributed by atoms with E-state index in [1.54, 1.807) is 0 Å². The lowest BCUT2D eigenvalue weighted by molar-refractivity contribution is 0.184. The number of carbonyl (C=O) groups is 1. The number of hydrogen-bond donors (Lipinski definition) is 1. The fraction of sp³-hybridized carbons (Fsp3) is 0.423. The molecule has 0 saturated carbocycles. The van der Waals surface area contributed by atoms with Crippen molar-refractivity contribution in [2.45, 2.75) is 58.3 Å². The first kappa shape index (κ1) is 23.5. The van der Waals surface area contributed by atoms with Gasteiger partial charge in [-0.05, 0) is 60.1 Å². The van der Waals surface area contributed by atoms with Gasteiger partial charge < -0.3 is 14.7 Å². The van der Waals surface area contributed by atoms with E-state index in [1.807, 2.05) is 29.2 Å². The molecule has 33 heavy (non-hydrogen) atoms. The fourth-order valence-electron chi connectivity index (χ4n) is 4.36. The Labute approximate surface area is 203 Å². The van der Waals surface area contributed by atoms with E-state index in [0.29, 0.717) is 30.1 Å². The zero-order valence-corrected chi connectivity index (χ0v) is 21.2. The molecule has 2 amide bonds. The summed E-state index contributed by atoms with van der Waals surface area (Å²) in [7, 11) is 0. The first-order valence-electron chi connectivity index (χ1n) is 11.6. The van der Waals surface area contributed by atoms with Gasteiger partial charge in [0.05, 0.1) is 5.92 Å². The first-order valence-corrected chi connectivity index (χ1v) is 12.4. The number of halogens is 1. The number of carbonyl (C=O) groups excluding carboxylic acids is 1. The quantitative estimate of drug-likeness (QED) is 0.395. The van der Waals surface area contributed by atoms with Crippen molar-refractivity contribution < 1.29 is 9.32 Å². The molecule has 4 rings (SSSR count). The normalized spacial score (nSPS) is 16.5. The van der Waals surface area contributed by atoms with Crippen LogP contribution < -0.4 is 5.32 Å². The van der Waals surface area contributed by atoms with Gasteiger partial charge in [-0.15, -0.1) is 0 Å². The number of aromatic nitrogens is 2. The van der Waals surface area contributed by atoms with Crippen LogP contribution in [-0.4, -0.2) is 34.2 Å². The SMILES string of the molecule is CC(C)c1cccc(C(C)C)c1NC(=O)N1CCCC(c2nc(-c3ccc(Br)cc3)no2)C1. The second-order valence-electron chi connectivity index (χ2n) is 9.30. The number of nitrogens with zero attached hydrogens (tertiary/aromatic N) is 3. The van der Waals surface area contributed by atoms with Gasteiger partial charge in [0.1, 0.15) is 0 Å². The van der Waals surface area contributed by atoms with Crippen molar-refractivity contribution in [3.8, 4) is 11.4 Å². The lowest BCUT2D eigenvalue weighted by Crippen LogP contribution is -2.42. The lowest BCUT2D eigenvalue weighted by atomic mass is 9.92. The Bertz CT molecular complexity index is 1080. The minimum atomic E-state index is -0.0673. The molecule has 3 aromatic rings. The predicted octanol–water partition coefficient (Wildman–Crippen LogP) is 7.16. The zero-order chi connectivity index (χ0) is 23.5. The van der Waals surface area contributed by atoms with Crippen LogP contribution in [0.2, 0.25) is 0 Å². The van der Waals surface area contributed by atoms with Crippen molar-refractivity contribution >= 4 is 27.6 Å². The van der Waals surface area contributed by atoms with Crippen molar-refractivity contribution in [3.63, 3.8) is 0 Å². The van der Waals surface area contributed by atoms with Crippen LogP contribution >= 0.6 is 15.9 Å². The minimum absolute atomic E-state index is 0.0334. The van der Waals surface area contributed by atoms with Crippen LogP contribution in [0.4, 0.5) is 10.5 Å². The van der Waals surface area contributed by atoms with E-state index >= 15 is 0 Å². The number of hydrogen-bond acceptors (Lipinski definition) is 4. The van der Waals surface area contributed by atoms with Crippen LogP contribution in [-0.2, 0) is 0 Å². The van der Waals surface area contributed by atoms with Gasteiger partial charge in [0.2, 0.25) is 11.7 Å². The highest BCUT2D eigenvalue weighted by Crippen LogP contribution is 2.33. The molecule has 174 valence electrons. The number of urea groups is 1. The highest BCUT2D eigenvalue weighted by Gasteiger charge is 2.29. The average Bonchev–Trinajstić information content (AvgIpc) is 3.30. The number of nitrogens with one attached hydrogen (secondary N) is 1. The lowest BCUT2D eigenvalue weighted by Gasteiger charge is -2.32. The van der Waals surface area contributed by atoms with Gasteiger partial charge in [-0.3, -0.25) is 0 Å². The van der Waals surface area contributed by atoms with E-state index in [4.69, 9.17) is 4.52 Å². The van der Waals surface area contributed by atoms with E-state index in [0.717, 1.165) is 35.1 Å². The minimum Gasteiger partial charge on any atom is -0.339 e. The van der Waals surface area contributed by atoms with Crippen molar-refractivity contribution in [2.24, 2.45) is 0 Å². The molecule has 0 bridgehead atoms. The molecule has 1 fully saturated rings. The fourth-order valence-corrected chi connectivity index (χ4v) is 4.63.